The van der Waals surface area contributed by atoms with Gasteiger partial charge in [0, 0.05) is 18.2 Å². The van der Waals surface area contributed by atoms with E-state index in [1.54, 1.807) is 4.68 Å². The lowest BCUT2D eigenvalue weighted by molar-refractivity contribution is 0.0950. The minimum absolute atomic E-state index is 0.0288. The van der Waals surface area contributed by atoms with Crippen molar-refractivity contribution in [3.8, 4) is 0 Å². The molecule has 7 nitrogen and oxygen atoms in total. The van der Waals surface area contributed by atoms with Crippen LogP contribution in [0.15, 0.2) is 24.3 Å². The van der Waals surface area contributed by atoms with Crippen molar-refractivity contribution < 1.29 is 4.79 Å². The quantitative estimate of drug-likeness (QED) is 0.840. The number of rotatable bonds is 5. The highest BCUT2D eigenvalue weighted by Gasteiger charge is 2.15. The Bertz CT molecular complexity index is 630. The standard InChI is InChI=1S/C15H20N6O/c1-11-18-19-20-21(11)10-12-4-6-13(7-5-12)15(22)17-9-14-3-2-8-16-14/h4-7,14,16H,2-3,8-10H2,1H3,(H,17,22)/t14-/m1/s1. The maximum absolute atomic E-state index is 12.1. The molecular formula is C15H20N6O. The second-order valence-corrected chi connectivity index (χ2v) is 5.58. The summed E-state index contributed by atoms with van der Waals surface area (Å²) < 4.78 is 1.72. The van der Waals surface area contributed by atoms with E-state index in [1.165, 1.54) is 6.42 Å². The van der Waals surface area contributed by atoms with Gasteiger partial charge < -0.3 is 10.6 Å². The molecule has 116 valence electrons. The number of tetrazole rings is 1. The molecule has 0 spiro atoms. The first-order chi connectivity index (χ1) is 10.7. The topological polar surface area (TPSA) is 84.7 Å². The normalized spacial score (nSPS) is 17.6. The van der Waals surface area contributed by atoms with Gasteiger partial charge in [-0.1, -0.05) is 12.1 Å². The van der Waals surface area contributed by atoms with E-state index in [-0.39, 0.29) is 5.91 Å². The second-order valence-electron chi connectivity index (χ2n) is 5.58. The summed E-state index contributed by atoms with van der Waals surface area (Å²) in [5, 5.41) is 17.7. The lowest BCUT2D eigenvalue weighted by atomic mass is 10.1. The number of carbonyl (C=O) groups excluding carboxylic acids is 1. The molecule has 22 heavy (non-hydrogen) atoms. The lowest BCUT2D eigenvalue weighted by Gasteiger charge is -2.11. The molecule has 3 rings (SSSR count). The summed E-state index contributed by atoms with van der Waals surface area (Å²) in [5.74, 6) is 0.740. The van der Waals surface area contributed by atoms with Gasteiger partial charge in [-0.3, -0.25) is 4.79 Å². The van der Waals surface area contributed by atoms with Crippen LogP contribution in [0.4, 0.5) is 0 Å². The molecule has 1 saturated heterocycles. The van der Waals surface area contributed by atoms with Gasteiger partial charge in [0.2, 0.25) is 0 Å². The highest BCUT2D eigenvalue weighted by Crippen LogP contribution is 2.08. The molecule has 1 aromatic carbocycles. The zero-order valence-electron chi connectivity index (χ0n) is 12.6. The Hall–Kier alpha value is -2.28. The van der Waals surface area contributed by atoms with Crippen LogP contribution >= 0.6 is 0 Å². The zero-order chi connectivity index (χ0) is 15.4. The Labute approximate surface area is 129 Å². The highest BCUT2D eigenvalue weighted by molar-refractivity contribution is 5.94. The Morgan fingerprint density at radius 2 is 2.23 bits per heavy atom. The van der Waals surface area contributed by atoms with Gasteiger partial charge in [-0.25, -0.2) is 4.68 Å². The van der Waals surface area contributed by atoms with Crippen molar-refractivity contribution in [1.82, 2.24) is 30.8 Å². The maximum atomic E-state index is 12.1. The van der Waals surface area contributed by atoms with Gasteiger partial charge >= 0.3 is 0 Å². The van der Waals surface area contributed by atoms with Crippen molar-refractivity contribution in [2.24, 2.45) is 0 Å². The van der Waals surface area contributed by atoms with E-state index in [0.29, 0.717) is 24.7 Å². The molecule has 1 amide bonds. The third kappa shape index (κ3) is 3.48. The van der Waals surface area contributed by atoms with Crippen molar-refractivity contribution in [1.29, 1.82) is 0 Å². The average molecular weight is 300 g/mol. The fourth-order valence-corrected chi connectivity index (χ4v) is 2.58. The molecule has 1 fully saturated rings. The average Bonchev–Trinajstić information content (AvgIpc) is 3.18. The number of hydrogen-bond donors (Lipinski definition) is 2. The Balaban J connectivity index is 1.56. The van der Waals surface area contributed by atoms with Crippen molar-refractivity contribution >= 4 is 5.91 Å². The summed E-state index contributed by atoms with van der Waals surface area (Å²) in [4.78, 5) is 12.1. The smallest absolute Gasteiger partial charge is 0.251 e. The number of hydrogen-bond acceptors (Lipinski definition) is 5. The van der Waals surface area contributed by atoms with Crippen LogP contribution in [0.5, 0.6) is 0 Å². The predicted octanol–water partition coefficient (Wildman–Crippen LogP) is 0.512. The second kappa shape index (κ2) is 6.65. The summed E-state index contributed by atoms with van der Waals surface area (Å²) in [5.41, 5.74) is 1.74. The number of benzene rings is 1. The largest absolute Gasteiger partial charge is 0.350 e. The number of nitrogens with one attached hydrogen (secondary N) is 2. The molecule has 1 aromatic heterocycles. The van der Waals surface area contributed by atoms with Crippen molar-refractivity contribution in [3.05, 3.63) is 41.2 Å². The summed E-state index contributed by atoms with van der Waals surface area (Å²) in [6.45, 7) is 4.20. The van der Waals surface area contributed by atoms with Gasteiger partial charge in [0.25, 0.3) is 5.91 Å². The van der Waals surface area contributed by atoms with Crippen LogP contribution in [0.3, 0.4) is 0 Å². The van der Waals surface area contributed by atoms with Crippen LogP contribution in [0, 0.1) is 6.92 Å². The van der Waals surface area contributed by atoms with Crippen LogP contribution in [-0.4, -0.2) is 45.2 Å². The van der Waals surface area contributed by atoms with Gasteiger partial charge in [-0.05, 0) is 54.4 Å². The van der Waals surface area contributed by atoms with Crippen LogP contribution in [0.25, 0.3) is 0 Å². The molecule has 0 bridgehead atoms. The Morgan fingerprint density at radius 1 is 1.41 bits per heavy atom. The molecule has 1 aliphatic rings. The van der Waals surface area contributed by atoms with Crippen LogP contribution in [-0.2, 0) is 6.54 Å². The minimum Gasteiger partial charge on any atom is -0.350 e. The number of carbonyl (C=O) groups is 1. The number of aromatic nitrogens is 4. The minimum atomic E-state index is -0.0288. The molecule has 2 N–H and O–H groups in total. The highest BCUT2D eigenvalue weighted by atomic mass is 16.1. The van der Waals surface area contributed by atoms with E-state index in [0.717, 1.165) is 24.4 Å². The zero-order valence-corrected chi connectivity index (χ0v) is 12.6. The summed E-state index contributed by atoms with van der Waals surface area (Å²) >= 11 is 0. The molecule has 1 aliphatic heterocycles. The van der Waals surface area contributed by atoms with Gasteiger partial charge in [-0.15, -0.1) is 5.10 Å². The van der Waals surface area contributed by atoms with Crippen molar-refractivity contribution in [2.75, 3.05) is 13.1 Å². The fraction of sp³-hybridized carbons (Fsp3) is 0.467. The van der Waals surface area contributed by atoms with E-state index < -0.39 is 0 Å². The maximum Gasteiger partial charge on any atom is 0.251 e. The summed E-state index contributed by atoms with van der Waals surface area (Å²) in [7, 11) is 0. The fourth-order valence-electron chi connectivity index (χ4n) is 2.58. The van der Waals surface area contributed by atoms with Gasteiger partial charge in [0.05, 0.1) is 6.54 Å². The molecule has 0 radical (unpaired) electrons. The van der Waals surface area contributed by atoms with E-state index in [2.05, 4.69) is 26.2 Å². The number of amides is 1. The van der Waals surface area contributed by atoms with E-state index in [1.807, 2.05) is 31.2 Å². The number of aryl methyl sites for hydroxylation is 1. The summed E-state index contributed by atoms with van der Waals surface area (Å²) in [6, 6.07) is 7.96. The van der Waals surface area contributed by atoms with Crippen molar-refractivity contribution in [2.45, 2.75) is 32.4 Å². The van der Waals surface area contributed by atoms with E-state index in [9.17, 15) is 4.79 Å². The molecule has 0 saturated carbocycles. The molecule has 0 unspecified atom stereocenters. The molecule has 1 atom stereocenters. The first-order valence-electron chi connectivity index (χ1n) is 7.55. The molecule has 2 heterocycles. The molecule has 7 heteroatoms. The van der Waals surface area contributed by atoms with Crippen LogP contribution in [0.2, 0.25) is 0 Å². The third-order valence-corrected chi connectivity index (χ3v) is 3.93. The summed E-state index contributed by atoms with van der Waals surface area (Å²) in [6.07, 6.45) is 2.32. The molecular weight excluding hydrogens is 280 g/mol. The van der Waals surface area contributed by atoms with Gasteiger partial charge in [0.1, 0.15) is 5.82 Å². The monoisotopic (exact) mass is 300 g/mol. The van der Waals surface area contributed by atoms with Crippen LogP contribution < -0.4 is 10.6 Å². The lowest BCUT2D eigenvalue weighted by Crippen LogP contribution is -2.37. The van der Waals surface area contributed by atoms with Gasteiger partial charge in [-0.2, -0.15) is 0 Å². The molecule has 2 aromatic rings. The Morgan fingerprint density at radius 3 is 2.86 bits per heavy atom. The first-order valence-corrected chi connectivity index (χ1v) is 7.55. The SMILES string of the molecule is Cc1nnnn1Cc1ccc(C(=O)NC[C@H]2CCCN2)cc1. The third-order valence-electron chi connectivity index (χ3n) is 3.93. The Kier molecular flexibility index (Phi) is 4.43. The van der Waals surface area contributed by atoms with Crippen LogP contribution in [0.1, 0.15) is 34.6 Å². The van der Waals surface area contributed by atoms with E-state index in [4.69, 9.17) is 0 Å². The first kappa shape index (κ1) is 14.6. The molecule has 0 aliphatic carbocycles. The van der Waals surface area contributed by atoms with E-state index >= 15 is 0 Å². The van der Waals surface area contributed by atoms with Crippen molar-refractivity contribution in [3.63, 3.8) is 0 Å². The number of nitrogens with zero attached hydrogens (tertiary/aromatic N) is 4. The predicted molar refractivity (Wildman–Crippen MR) is 81.5 cm³/mol. The van der Waals surface area contributed by atoms with Gasteiger partial charge in [0.15, 0.2) is 0 Å².